The van der Waals surface area contributed by atoms with Gasteiger partial charge >= 0.3 is 0 Å². The number of nitro groups is 1. The Morgan fingerprint density at radius 3 is 2.35 bits per heavy atom. The Kier molecular flexibility index (Phi) is 6.32. The Morgan fingerprint density at radius 1 is 0.882 bits per heavy atom. The average Bonchev–Trinajstić information content (AvgIpc) is 3.33. The van der Waals surface area contributed by atoms with E-state index in [-0.39, 0.29) is 17.4 Å². The maximum Gasteiger partial charge on any atom is 0.293 e. The third-order valence-electron chi connectivity index (χ3n) is 6.65. The van der Waals surface area contributed by atoms with E-state index in [1.807, 2.05) is 23.1 Å². The van der Waals surface area contributed by atoms with E-state index in [0.29, 0.717) is 31.9 Å². The maximum atomic E-state index is 13.0. The van der Waals surface area contributed by atoms with Crippen molar-refractivity contribution in [1.29, 1.82) is 0 Å². The number of sulfonamides is 1. The van der Waals surface area contributed by atoms with Gasteiger partial charge in [0.25, 0.3) is 5.69 Å². The molecule has 0 atom stereocenters. The smallest absolute Gasteiger partial charge is 0.293 e. The minimum absolute atomic E-state index is 0.00806. The molecule has 3 aliphatic rings. The van der Waals surface area contributed by atoms with Gasteiger partial charge in [0, 0.05) is 51.9 Å². The zero-order chi connectivity index (χ0) is 23.7. The van der Waals surface area contributed by atoms with Gasteiger partial charge in [0.2, 0.25) is 16.8 Å². The highest BCUT2D eigenvalue weighted by molar-refractivity contribution is 7.89. The fraction of sp³-hybridized carbons (Fsp3) is 0.478. The normalized spacial score (nSPS) is 19.4. The van der Waals surface area contributed by atoms with Crippen molar-refractivity contribution in [1.82, 2.24) is 9.21 Å². The highest BCUT2D eigenvalue weighted by atomic mass is 32.2. The van der Waals surface area contributed by atoms with Crippen molar-refractivity contribution >= 4 is 21.4 Å². The minimum atomic E-state index is -3.73. The lowest BCUT2D eigenvalue weighted by molar-refractivity contribution is -0.384. The van der Waals surface area contributed by atoms with Crippen LogP contribution in [0.3, 0.4) is 0 Å². The Hall–Kier alpha value is -2.89. The topological polar surface area (TPSA) is 105 Å². The number of hydrogen-bond donors (Lipinski definition) is 0. The molecule has 2 aromatic carbocycles. The Balaban J connectivity index is 1.28. The van der Waals surface area contributed by atoms with Crippen LogP contribution >= 0.6 is 0 Å². The van der Waals surface area contributed by atoms with Gasteiger partial charge in [-0.1, -0.05) is 12.5 Å². The van der Waals surface area contributed by atoms with E-state index in [1.165, 1.54) is 16.4 Å². The van der Waals surface area contributed by atoms with Crippen molar-refractivity contribution in [2.75, 3.05) is 51.0 Å². The fourth-order valence-corrected chi connectivity index (χ4v) is 6.31. The number of ether oxygens (including phenoxy) is 2. The molecule has 0 N–H and O–H groups in total. The van der Waals surface area contributed by atoms with Gasteiger partial charge in [-0.2, -0.15) is 4.31 Å². The second kappa shape index (κ2) is 9.40. The van der Waals surface area contributed by atoms with E-state index >= 15 is 0 Å². The summed E-state index contributed by atoms with van der Waals surface area (Å²) in [5.41, 5.74) is 1.42. The zero-order valence-corrected chi connectivity index (χ0v) is 19.7. The summed E-state index contributed by atoms with van der Waals surface area (Å²) in [6.07, 6.45) is 2.64. The average molecular weight is 489 g/mol. The summed E-state index contributed by atoms with van der Waals surface area (Å²) >= 11 is 0. The van der Waals surface area contributed by atoms with E-state index in [1.54, 1.807) is 6.07 Å². The van der Waals surface area contributed by atoms with Crippen LogP contribution in [0.4, 0.5) is 11.4 Å². The lowest BCUT2D eigenvalue weighted by atomic mass is 10.1. The summed E-state index contributed by atoms with van der Waals surface area (Å²) in [5.74, 6) is 1.51. The molecular formula is C23H28N4O6S. The van der Waals surface area contributed by atoms with Crippen molar-refractivity contribution in [2.45, 2.75) is 30.7 Å². The van der Waals surface area contributed by atoms with Gasteiger partial charge in [-0.25, -0.2) is 8.42 Å². The molecule has 0 unspecified atom stereocenters. The van der Waals surface area contributed by atoms with Gasteiger partial charge in [-0.3, -0.25) is 15.0 Å². The van der Waals surface area contributed by atoms with Crippen LogP contribution in [-0.4, -0.2) is 68.6 Å². The first-order chi connectivity index (χ1) is 16.4. The molecule has 2 saturated heterocycles. The van der Waals surface area contributed by atoms with Crippen molar-refractivity contribution in [3.05, 3.63) is 52.1 Å². The molecule has 34 heavy (non-hydrogen) atoms. The van der Waals surface area contributed by atoms with Crippen molar-refractivity contribution in [3.63, 3.8) is 0 Å². The molecule has 0 saturated carbocycles. The molecule has 2 fully saturated rings. The van der Waals surface area contributed by atoms with Gasteiger partial charge in [-0.15, -0.1) is 0 Å². The number of nitrogens with zero attached hydrogens (tertiary/aromatic N) is 4. The van der Waals surface area contributed by atoms with Crippen LogP contribution in [0, 0.1) is 10.1 Å². The summed E-state index contributed by atoms with van der Waals surface area (Å²) < 4.78 is 38.3. The van der Waals surface area contributed by atoms with E-state index < -0.39 is 14.9 Å². The molecule has 0 bridgehead atoms. The maximum absolute atomic E-state index is 13.0. The first-order valence-electron chi connectivity index (χ1n) is 11.6. The number of piperidine rings is 1. The lowest BCUT2D eigenvalue weighted by Gasteiger charge is -2.36. The van der Waals surface area contributed by atoms with E-state index in [4.69, 9.17) is 9.47 Å². The largest absolute Gasteiger partial charge is 0.454 e. The molecule has 0 amide bonds. The standard InChI is InChI=1S/C23H28N4O6S/c28-27(29)21-15-19(34(30,31)26-8-2-1-3-9-26)5-6-20(21)25-12-10-24(11-13-25)16-18-4-7-22-23(14-18)33-17-32-22/h4-7,14-15H,1-3,8-13,16-17H2. The number of benzene rings is 2. The monoisotopic (exact) mass is 488 g/mol. The van der Waals surface area contributed by atoms with Crippen LogP contribution in [0.1, 0.15) is 24.8 Å². The summed E-state index contributed by atoms with van der Waals surface area (Å²) in [7, 11) is -3.73. The Morgan fingerprint density at radius 2 is 1.62 bits per heavy atom. The molecule has 3 aliphatic heterocycles. The number of anilines is 1. The quantitative estimate of drug-likeness (QED) is 0.452. The SMILES string of the molecule is O=[N+]([O-])c1cc(S(=O)(=O)N2CCCCC2)ccc1N1CCN(Cc2ccc3c(c2)OCO3)CC1. The second-order valence-electron chi connectivity index (χ2n) is 8.82. The van der Waals surface area contributed by atoms with Gasteiger partial charge in [0.1, 0.15) is 5.69 Å². The highest BCUT2D eigenvalue weighted by Gasteiger charge is 2.30. The van der Waals surface area contributed by atoms with Crippen LogP contribution in [0.15, 0.2) is 41.3 Å². The van der Waals surface area contributed by atoms with Crippen LogP contribution in [-0.2, 0) is 16.6 Å². The van der Waals surface area contributed by atoms with Crippen molar-refractivity contribution in [3.8, 4) is 11.5 Å². The predicted molar refractivity (Wildman–Crippen MR) is 126 cm³/mol. The molecule has 0 aromatic heterocycles. The van der Waals surface area contributed by atoms with Crippen molar-refractivity contribution in [2.24, 2.45) is 0 Å². The molecule has 0 aliphatic carbocycles. The minimum Gasteiger partial charge on any atom is -0.454 e. The number of fused-ring (bicyclic) bond motifs is 1. The number of rotatable bonds is 6. The van der Waals surface area contributed by atoms with E-state index in [9.17, 15) is 18.5 Å². The number of nitro benzene ring substituents is 1. The first-order valence-corrected chi connectivity index (χ1v) is 13.0. The van der Waals surface area contributed by atoms with Crippen LogP contribution in [0.2, 0.25) is 0 Å². The van der Waals surface area contributed by atoms with Gasteiger partial charge in [0.05, 0.1) is 9.82 Å². The highest BCUT2D eigenvalue weighted by Crippen LogP contribution is 2.34. The summed E-state index contributed by atoms with van der Waals surface area (Å²) in [6, 6.07) is 10.2. The molecular weight excluding hydrogens is 460 g/mol. The molecule has 182 valence electrons. The first kappa shape index (κ1) is 22.9. The van der Waals surface area contributed by atoms with Gasteiger partial charge < -0.3 is 14.4 Å². The zero-order valence-electron chi connectivity index (χ0n) is 18.9. The van der Waals surface area contributed by atoms with E-state index in [0.717, 1.165) is 56.0 Å². The molecule has 2 aromatic rings. The van der Waals surface area contributed by atoms with Crippen molar-refractivity contribution < 1.29 is 22.8 Å². The summed E-state index contributed by atoms with van der Waals surface area (Å²) in [6.45, 7) is 4.62. The molecule has 3 heterocycles. The predicted octanol–water partition coefficient (Wildman–Crippen LogP) is 2.82. The van der Waals surface area contributed by atoms with Crippen LogP contribution < -0.4 is 14.4 Å². The van der Waals surface area contributed by atoms with Crippen LogP contribution in [0.25, 0.3) is 0 Å². The Bertz CT molecular complexity index is 1170. The van der Waals surface area contributed by atoms with Gasteiger partial charge in [-0.05, 0) is 42.7 Å². The molecule has 11 heteroatoms. The fourth-order valence-electron chi connectivity index (χ4n) is 4.78. The second-order valence-corrected chi connectivity index (χ2v) is 10.8. The lowest BCUT2D eigenvalue weighted by Crippen LogP contribution is -2.46. The molecule has 0 spiro atoms. The summed E-state index contributed by atoms with van der Waals surface area (Å²) in [5, 5.41) is 11.9. The Labute approximate surface area is 198 Å². The van der Waals surface area contributed by atoms with Crippen LogP contribution in [0.5, 0.6) is 11.5 Å². The van der Waals surface area contributed by atoms with E-state index in [2.05, 4.69) is 4.90 Å². The molecule has 10 nitrogen and oxygen atoms in total. The third-order valence-corrected chi connectivity index (χ3v) is 8.55. The number of piperazine rings is 1. The molecule has 0 radical (unpaired) electrons. The molecule has 5 rings (SSSR count). The van der Waals surface area contributed by atoms with Gasteiger partial charge in [0.15, 0.2) is 11.5 Å². The summed E-state index contributed by atoms with van der Waals surface area (Å²) in [4.78, 5) is 15.6. The third kappa shape index (κ3) is 4.55. The number of hydrogen-bond acceptors (Lipinski definition) is 8.